The molecule has 7 heteroatoms. The number of halogens is 1. The Morgan fingerprint density at radius 2 is 1.82 bits per heavy atom. The molecule has 0 aliphatic carbocycles. The number of quaternary nitrogens is 1. The molecular formula is C21H26FN2O3S+. The standard InChI is InChI=1S/C21H25FN2O3S/c1-26-17-4-6-18(7-5-17)28-15-21(25)24-11-9-23(10-12-24)14-16-3-8-20(27-2)19(22)13-16/h3-8,13H,9-12,14-15H2,1-2H3/p+1. The monoisotopic (exact) mass is 405 g/mol. The normalized spacial score (nSPS) is 14.8. The van der Waals surface area contributed by atoms with Crippen molar-refractivity contribution >= 4 is 17.7 Å². The van der Waals surface area contributed by atoms with Gasteiger partial charge >= 0.3 is 0 Å². The number of hydrogen-bond acceptors (Lipinski definition) is 4. The molecule has 0 aromatic heterocycles. The second-order valence-corrected chi connectivity index (χ2v) is 7.79. The zero-order valence-electron chi connectivity index (χ0n) is 16.2. The largest absolute Gasteiger partial charge is 0.497 e. The van der Waals surface area contributed by atoms with Crippen molar-refractivity contribution in [2.45, 2.75) is 11.4 Å². The summed E-state index contributed by atoms with van der Waals surface area (Å²) in [6, 6.07) is 12.8. The number of amides is 1. The summed E-state index contributed by atoms with van der Waals surface area (Å²) < 4.78 is 24.0. The van der Waals surface area contributed by atoms with Crippen LogP contribution in [-0.4, -0.2) is 57.0 Å². The van der Waals surface area contributed by atoms with Crippen molar-refractivity contribution in [1.82, 2.24) is 4.90 Å². The third-order valence-corrected chi connectivity index (χ3v) is 5.91. The van der Waals surface area contributed by atoms with E-state index in [1.54, 1.807) is 24.9 Å². The van der Waals surface area contributed by atoms with Gasteiger partial charge in [-0.3, -0.25) is 4.79 Å². The van der Waals surface area contributed by atoms with E-state index in [0.717, 1.165) is 48.9 Å². The van der Waals surface area contributed by atoms with Gasteiger partial charge in [0.05, 0.1) is 46.2 Å². The second-order valence-electron chi connectivity index (χ2n) is 6.74. The number of thioether (sulfide) groups is 1. The zero-order chi connectivity index (χ0) is 19.9. The number of methoxy groups -OCH3 is 2. The first-order valence-corrected chi connectivity index (χ1v) is 10.3. The molecule has 1 fully saturated rings. The predicted molar refractivity (Wildman–Crippen MR) is 108 cm³/mol. The molecular weight excluding hydrogens is 379 g/mol. The number of nitrogens with zero attached hydrogens (tertiary/aromatic N) is 1. The Morgan fingerprint density at radius 3 is 2.43 bits per heavy atom. The van der Waals surface area contributed by atoms with Crippen molar-refractivity contribution in [3.8, 4) is 11.5 Å². The van der Waals surface area contributed by atoms with Crippen LogP contribution in [0.25, 0.3) is 0 Å². The molecule has 0 spiro atoms. The minimum absolute atomic E-state index is 0.162. The molecule has 150 valence electrons. The molecule has 0 saturated carbocycles. The third kappa shape index (κ3) is 5.39. The first kappa shape index (κ1) is 20.5. The van der Waals surface area contributed by atoms with Crippen molar-refractivity contribution < 1.29 is 23.6 Å². The predicted octanol–water partition coefficient (Wildman–Crippen LogP) is 1.86. The molecule has 0 radical (unpaired) electrons. The molecule has 1 heterocycles. The van der Waals surface area contributed by atoms with E-state index in [0.29, 0.717) is 5.75 Å². The van der Waals surface area contributed by atoms with Gasteiger partial charge < -0.3 is 19.3 Å². The maximum atomic E-state index is 13.8. The lowest BCUT2D eigenvalue weighted by Gasteiger charge is -2.32. The van der Waals surface area contributed by atoms with E-state index in [4.69, 9.17) is 9.47 Å². The highest BCUT2D eigenvalue weighted by Gasteiger charge is 2.24. The summed E-state index contributed by atoms with van der Waals surface area (Å²) in [6.07, 6.45) is 0. The van der Waals surface area contributed by atoms with Crippen LogP contribution in [0.2, 0.25) is 0 Å². The summed E-state index contributed by atoms with van der Waals surface area (Å²) >= 11 is 1.54. The van der Waals surface area contributed by atoms with Gasteiger partial charge in [0.2, 0.25) is 5.91 Å². The van der Waals surface area contributed by atoms with Crippen LogP contribution in [0.5, 0.6) is 11.5 Å². The molecule has 1 aliphatic rings. The number of hydrogen-bond donors (Lipinski definition) is 1. The summed E-state index contributed by atoms with van der Waals surface area (Å²) in [5.41, 5.74) is 0.947. The molecule has 2 aromatic rings. The van der Waals surface area contributed by atoms with Crippen LogP contribution in [0.3, 0.4) is 0 Å². The summed E-state index contributed by atoms with van der Waals surface area (Å²) in [7, 11) is 3.10. The maximum Gasteiger partial charge on any atom is 0.233 e. The summed E-state index contributed by atoms with van der Waals surface area (Å²) in [4.78, 5) is 16.8. The molecule has 0 unspecified atom stereocenters. The van der Waals surface area contributed by atoms with Gasteiger partial charge in [0, 0.05) is 10.5 Å². The SMILES string of the molecule is COc1ccc(SCC(=O)N2CC[NH+](Cc3ccc(OC)c(F)c3)CC2)cc1. The van der Waals surface area contributed by atoms with Crippen LogP contribution in [0.15, 0.2) is 47.4 Å². The third-order valence-electron chi connectivity index (χ3n) is 4.92. The van der Waals surface area contributed by atoms with Crippen LogP contribution in [0.1, 0.15) is 5.56 Å². The smallest absolute Gasteiger partial charge is 0.233 e. The van der Waals surface area contributed by atoms with Crippen LogP contribution in [-0.2, 0) is 11.3 Å². The van der Waals surface area contributed by atoms with Crippen molar-refractivity contribution in [1.29, 1.82) is 0 Å². The topological polar surface area (TPSA) is 43.2 Å². The molecule has 1 saturated heterocycles. The fraction of sp³-hybridized carbons (Fsp3) is 0.381. The summed E-state index contributed by atoms with van der Waals surface area (Å²) in [5.74, 6) is 1.35. The van der Waals surface area contributed by atoms with E-state index in [1.807, 2.05) is 35.2 Å². The Kier molecular flexibility index (Phi) is 7.17. The first-order chi connectivity index (χ1) is 13.6. The Morgan fingerprint density at radius 1 is 1.11 bits per heavy atom. The highest BCUT2D eigenvalue weighted by atomic mass is 32.2. The quantitative estimate of drug-likeness (QED) is 0.715. The molecule has 3 rings (SSSR count). The average Bonchev–Trinajstić information content (AvgIpc) is 2.73. The Labute approximate surface area is 169 Å². The fourth-order valence-corrected chi connectivity index (χ4v) is 4.07. The Bertz CT molecular complexity index is 793. The number of piperazine rings is 1. The van der Waals surface area contributed by atoms with Gasteiger partial charge in [-0.1, -0.05) is 0 Å². The van der Waals surface area contributed by atoms with E-state index in [-0.39, 0.29) is 17.5 Å². The fourth-order valence-electron chi connectivity index (χ4n) is 3.27. The molecule has 1 aliphatic heterocycles. The number of ether oxygens (including phenoxy) is 2. The van der Waals surface area contributed by atoms with E-state index < -0.39 is 0 Å². The highest BCUT2D eigenvalue weighted by molar-refractivity contribution is 8.00. The lowest BCUT2D eigenvalue weighted by molar-refractivity contribution is -0.917. The molecule has 0 atom stereocenters. The molecule has 2 aromatic carbocycles. The van der Waals surface area contributed by atoms with Gasteiger partial charge in [0.1, 0.15) is 12.3 Å². The highest BCUT2D eigenvalue weighted by Crippen LogP contribution is 2.21. The number of benzene rings is 2. The minimum atomic E-state index is -0.330. The van der Waals surface area contributed by atoms with E-state index in [1.165, 1.54) is 18.1 Å². The van der Waals surface area contributed by atoms with Crippen LogP contribution in [0, 0.1) is 5.82 Å². The van der Waals surface area contributed by atoms with Gasteiger partial charge in [-0.05, 0) is 42.5 Å². The summed E-state index contributed by atoms with van der Waals surface area (Å²) in [5, 5.41) is 0. The Hall–Kier alpha value is -2.25. The number of carbonyl (C=O) groups is 1. The van der Waals surface area contributed by atoms with E-state index in [2.05, 4.69) is 0 Å². The van der Waals surface area contributed by atoms with Crippen LogP contribution in [0.4, 0.5) is 4.39 Å². The maximum absolute atomic E-state index is 13.8. The van der Waals surface area contributed by atoms with Gasteiger partial charge in [0.15, 0.2) is 11.6 Å². The van der Waals surface area contributed by atoms with Crippen molar-refractivity contribution in [3.63, 3.8) is 0 Å². The van der Waals surface area contributed by atoms with Gasteiger partial charge in [-0.15, -0.1) is 11.8 Å². The van der Waals surface area contributed by atoms with Gasteiger partial charge in [-0.2, -0.15) is 0 Å². The van der Waals surface area contributed by atoms with Gasteiger partial charge in [0.25, 0.3) is 0 Å². The second kappa shape index (κ2) is 9.80. The summed E-state index contributed by atoms with van der Waals surface area (Å²) in [6.45, 7) is 3.95. The molecule has 1 N–H and O–H groups in total. The van der Waals surface area contributed by atoms with Crippen LogP contribution >= 0.6 is 11.8 Å². The zero-order valence-corrected chi connectivity index (χ0v) is 17.1. The van der Waals surface area contributed by atoms with Crippen LogP contribution < -0.4 is 14.4 Å². The van der Waals surface area contributed by atoms with Crippen molar-refractivity contribution in [3.05, 3.63) is 53.8 Å². The van der Waals surface area contributed by atoms with Crippen molar-refractivity contribution in [2.75, 3.05) is 46.2 Å². The first-order valence-electron chi connectivity index (χ1n) is 9.29. The lowest BCUT2D eigenvalue weighted by Crippen LogP contribution is -3.13. The number of nitrogens with one attached hydrogen (secondary N) is 1. The molecule has 1 amide bonds. The number of rotatable bonds is 7. The van der Waals surface area contributed by atoms with E-state index in [9.17, 15) is 9.18 Å². The molecule has 5 nitrogen and oxygen atoms in total. The van der Waals surface area contributed by atoms with Gasteiger partial charge in [-0.25, -0.2) is 4.39 Å². The average molecular weight is 406 g/mol. The van der Waals surface area contributed by atoms with E-state index >= 15 is 0 Å². The Balaban J connectivity index is 1.43. The molecule has 28 heavy (non-hydrogen) atoms. The number of carbonyl (C=O) groups excluding carboxylic acids is 1. The minimum Gasteiger partial charge on any atom is -0.497 e. The lowest BCUT2D eigenvalue weighted by atomic mass is 10.2. The molecule has 0 bridgehead atoms. The van der Waals surface area contributed by atoms with Crippen molar-refractivity contribution in [2.24, 2.45) is 0 Å².